The first kappa shape index (κ1) is 21.8. The topological polar surface area (TPSA) is 81.4 Å². The summed E-state index contributed by atoms with van der Waals surface area (Å²) in [5, 5.41) is 9.46. The molecule has 4 N–H and O–H groups in total. The molecule has 170 valence electrons. The van der Waals surface area contributed by atoms with Crippen molar-refractivity contribution in [2.45, 2.75) is 39.0 Å². The summed E-state index contributed by atoms with van der Waals surface area (Å²) in [6, 6.07) is 14.2. The molecule has 2 aromatic carbocycles. The number of fused-ring (bicyclic) bond motifs is 3. The summed E-state index contributed by atoms with van der Waals surface area (Å²) in [4.78, 5) is 16.1. The maximum atomic E-state index is 4.58. The number of rotatable bonds is 6. The molecule has 1 aliphatic rings. The maximum absolute atomic E-state index is 4.58. The molecule has 0 radical (unpaired) electrons. The van der Waals surface area contributed by atoms with Crippen molar-refractivity contribution in [1.29, 1.82) is 0 Å². The van der Waals surface area contributed by atoms with Crippen LogP contribution in [0.1, 0.15) is 37.6 Å². The Labute approximate surface area is 196 Å². The molecular weight excluding hydrogens is 424 g/mol. The van der Waals surface area contributed by atoms with E-state index >= 15 is 0 Å². The lowest BCUT2D eigenvalue weighted by molar-refractivity contribution is 0.618. The smallest absolute Gasteiger partial charge is 0.123 e. The summed E-state index contributed by atoms with van der Waals surface area (Å²) in [5.74, 6) is 1.92. The van der Waals surface area contributed by atoms with E-state index in [0.717, 1.165) is 23.0 Å². The highest BCUT2D eigenvalue weighted by molar-refractivity contribution is 7.03. The van der Waals surface area contributed by atoms with Crippen molar-refractivity contribution in [2.75, 3.05) is 14.1 Å². The molecule has 0 saturated heterocycles. The van der Waals surface area contributed by atoms with E-state index in [9.17, 15) is 0 Å². The van der Waals surface area contributed by atoms with Gasteiger partial charge in [-0.3, -0.25) is 0 Å². The molecular formula is C26H32N6Si. The third kappa shape index (κ3) is 3.56. The first-order valence-electron chi connectivity index (χ1n) is 11.6. The fourth-order valence-corrected chi connectivity index (χ4v) is 7.86. The number of benzene rings is 2. The van der Waals surface area contributed by atoms with E-state index in [1.165, 1.54) is 32.6 Å². The van der Waals surface area contributed by atoms with Crippen molar-refractivity contribution in [3.8, 4) is 33.6 Å². The number of hydrogen-bond acceptors (Lipinski definition) is 4. The van der Waals surface area contributed by atoms with Gasteiger partial charge < -0.3 is 20.6 Å². The number of H-pyrrole nitrogens is 2. The Bertz CT molecular complexity index is 1220. The van der Waals surface area contributed by atoms with Crippen molar-refractivity contribution < 1.29 is 0 Å². The Hall–Kier alpha value is -3.00. The van der Waals surface area contributed by atoms with Gasteiger partial charge in [0.15, 0.2) is 0 Å². The minimum atomic E-state index is -1.85. The second-order valence-corrected chi connectivity index (χ2v) is 13.9. The van der Waals surface area contributed by atoms with Crippen LogP contribution in [-0.4, -0.2) is 42.1 Å². The molecule has 7 heteroatoms. The normalized spacial score (nSPS) is 15.8. The first-order chi connectivity index (χ1) is 15.8. The largest absolute Gasteiger partial charge is 0.341 e. The molecule has 0 unspecified atom stereocenters. The maximum Gasteiger partial charge on any atom is 0.123 e. The van der Waals surface area contributed by atoms with E-state index in [4.69, 9.17) is 0 Å². The summed E-state index contributed by atoms with van der Waals surface area (Å²) in [7, 11) is 2.06. The average molecular weight is 457 g/mol. The van der Waals surface area contributed by atoms with Crippen molar-refractivity contribution in [2.24, 2.45) is 0 Å². The minimum Gasteiger partial charge on any atom is -0.341 e. The fraction of sp³-hybridized carbons (Fsp3) is 0.308. The van der Waals surface area contributed by atoms with Gasteiger partial charge in [0.25, 0.3) is 0 Å². The molecule has 2 aromatic heterocycles. The van der Waals surface area contributed by atoms with E-state index in [1.807, 2.05) is 26.5 Å². The predicted octanol–water partition coefficient (Wildman–Crippen LogP) is 3.83. The lowest BCUT2D eigenvalue weighted by Crippen LogP contribution is -2.49. The van der Waals surface area contributed by atoms with Crippen molar-refractivity contribution in [3.05, 3.63) is 60.4 Å². The van der Waals surface area contributed by atoms with Crippen LogP contribution >= 0.6 is 0 Å². The van der Waals surface area contributed by atoms with Gasteiger partial charge in [0.2, 0.25) is 0 Å². The van der Waals surface area contributed by atoms with Crippen LogP contribution in [-0.2, 0) is 0 Å². The second-order valence-electron chi connectivity index (χ2n) is 9.53. The van der Waals surface area contributed by atoms with Gasteiger partial charge in [-0.2, -0.15) is 0 Å². The molecule has 33 heavy (non-hydrogen) atoms. The van der Waals surface area contributed by atoms with E-state index in [0.29, 0.717) is 0 Å². The molecule has 2 atom stereocenters. The molecule has 0 aliphatic carbocycles. The van der Waals surface area contributed by atoms with Crippen molar-refractivity contribution in [3.63, 3.8) is 0 Å². The monoisotopic (exact) mass is 456 g/mol. The Morgan fingerprint density at radius 1 is 0.727 bits per heavy atom. The van der Waals surface area contributed by atoms with Gasteiger partial charge in [-0.05, 0) is 60.6 Å². The summed E-state index contributed by atoms with van der Waals surface area (Å²) in [5.41, 5.74) is 7.27. The van der Waals surface area contributed by atoms with Crippen LogP contribution in [0.15, 0.2) is 48.8 Å². The van der Waals surface area contributed by atoms with Gasteiger partial charge >= 0.3 is 0 Å². The van der Waals surface area contributed by atoms with E-state index in [-0.39, 0.29) is 12.1 Å². The van der Waals surface area contributed by atoms with E-state index < -0.39 is 8.07 Å². The number of hydrogen-bond donors (Lipinski definition) is 4. The van der Waals surface area contributed by atoms with Crippen LogP contribution in [0.5, 0.6) is 0 Å². The molecule has 0 fully saturated rings. The van der Waals surface area contributed by atoms with Crippen molar-refractivity contribution >= 4 is 18.4 Å². The zero-order chi connectivity index (χ0) is 23.3. The van der Waals surface area contributed by atoms with Crippen LogP contribution in [0, 0.1) is 0 Å². The van der Waals surface area contributed by atoms with Gasteiger partial charge in [-0.15, -0.1) is 0 Å². The third-order valence-corrected chi connectivity index (χ3v) is 10.7. The minimum absolute atomic E-state index is 0.195. The Kier molecular flexibility index (Phi) is 5.35. The Morgan fingerprint density at radius 3 is 1.55 bits per heavy atom. The SMILES string of the molecule is CN[C@H](C)c1ncc(-c2ccc3c(c2)[Si](C)(C)c2cc(-c4cnc([C@@H](C)NC)[nH]4)ccc2-3)[nH]1. The highest BCUT2D eigenvalue weighted by atomic mass is 28.3. The molecule has 5 rings (SSSR count). The van der Waals surface area contributed by atoms with Crippen LogP contribution in [0.4, 0.5) is 0 Å². The molecule has 6 nitrogen and oxygen atoms in total. The van der Waals surface area contributed by atoms with E-state index in [2.05, 4.69) is 93.9 Å². The van der Waals surface area contributed by atoms with E-state index in [1.54, 1.807) is 0 Å². The predicted molar refractivity (Wildman–Crippen MR) is 139 cm³/mol. The van der Waals surface area contributed by atoms with Crippen LogP contribution in [0.2, 0.25) is 13.1 Å². The molecule has 0 spiro atoms. The van der Waals surface area contributed by atoms with Gasteiger partial charge in [-0.25, -0.2) is 9.97 Å². The summed E-state index contributed by atoms with van der Waals surface area (Å²) < 4.78 is 0. The lowest BCUT2D eigenvalue weighted by Gasteiger charge is -2.20. The zero-order valence-electron chi connectivity index (χ0n) is 20.2. The molecule has 0 amide bonds. The summed E-state index contributed by atoms with van der Waals surface area (Å²) >= 11 is 0. The van der Waals surface area contributed by atoms with Gasteiger partial charge in [0, 0.05) is 0 Å². The zero-order valence-corrected chi connectivity index (χ0v) is 21.2. The van der Waals surface area contributed by atoms with Gasteiger partial charge in [0.1, 0.15) is 19.7 Å². The number of imidazole rings is 2. The number of aromatic amines is 2. The highest BCUT2D eigenvalue weighted by Crippen LogP contribution is 2.33. The van der Waals surface area contributed by atoms with Crippen LogP contribution in [0.3, 0.4) is 0 Å². The quantitative estimate of drug-likeness (QED) is 0.333. The summed E-state index contributed by atoms with van der Waals surface area (Å²) in [6.07, 6.45) is 3.89. The Morgan fingerprint density at radius 2 is 1.15 bits per heavy atom. The molecule has 1 aliphatic heterocycles. The summed E-state index contributed by atoms with van der Waals surface area (Å²) in [6.45, 7) is 9.12. The fourth-order valence-electron chi connectivity index (χ4n) is 4.75. The third-order valence-electron chi connectivity index (χ3n) is 7.18. The second kappa shape index (κ2) is 8.09. The lowest BCUT2D eigenvalue weighted by atomic mass is 10.0. The van der Waals surface area contributed by atoms with Crippen molar-refractivity contribution in [1.82, 2.24) is 30.6 Å². The van der Waals surface area contributed by atoms with Gasteiger partial charge in [-0.1, -0.05) is 49.5 Å². The van der Waals surface area contributed by atoms with Gasteiger partial charge in [0.05, 0.1) is 35.9 Å². The number of nitrogens with one attached hydrogen (secondary N) is 4. The standard InChI is InChI=1S/C26H32N6Si/c1-15(27-3)25-29-13-21(31-25)17-7-9-19-20-10-8-18(12-24(20)33(5,6)23(19)11-17)22-14-30-26(32-22)16(2)28-4/h7-16,27-28H,1-6H3,(H,29,31)(H,30,32)/t15-,16-/m1/s1. The molecule has 3 heterocycles. The highest BCUT2D eigenvalue weighted by Gasteiger charge is 2.38. The first-order valence-corrected chi connectivity index (χ1v) is 14.6. The molecule has 4 aromatic rings. The van der Waals surface area contributed by atoms with Crippen LogP contribution in [0.25, 0.3) is 33.6 Å². The number of aromatic nitrogens is 4. The molecule has 0 saturated carbocycles. The Balaban J connectivity index is 1.52. The average Bonchev–Trinajstić information content (AvgIpc) is 3.56. The van der Waals surface area contributed by atoms with Crippen LogP contribution < -0.4 is 21.0 Å². The molecule has 0 bridgehead atoms. The number of nitrogens with zero attached hydrogens (tertiary/aromatic N) is 2.